The molecule has 1 fully saturated rings. The van der Waals surface area contributed by atoms with E-state index in [2.05, 4.69) is 33.8 Å². The molecule has 1 saturated carbocycles. The molecule has 2 N–H and O–H groups in total. The number of aliphatic imine (C=N–C) groups is 1. The van der Waals surface area contributed by atoms with Crippen LogP contribution in [-0.2, 0) is 11.3 Å². The Bertz CT molecular complexity index is 1510. The Kier molecular flexibility index (Phi) is 6.26. The first-order valence-corrected chi connectivity index (χ1v) is 12.9. The number of benzene rings is 3. The fraction of sp³-hybridized carbons (Fsp3) is 0.267. The summed E-state index contributed by atoms with van der Waals surface area (Å²) < 4.78 is 6.05. The van der Waals surface area contributed by atoms with E-state index in [1.54, 1.807) is 0 Å². The SMILES string of the molecule is CCCC(=O)Nc1cccc(-c2nc(Nc3ccc4c(c3)C=NC4)c3cc(OCC4CC4)ccc3n2)c1. The van der Waals surface area contributed by atoms with Gasteiger partial charge in [0.25, 0.3) is 0 Å². The molecule has 186 valence electrons. The van der Waals surface area contributed by atoms with Gasteiger partial charge in [-0.2, -0.15) is 0 Å². The quantitative estimate of drug-likeness (QED) is 0.279. The van der Waals surface area contributed by atoms with E-state index >= 15 is 0 Å². The maximum Gasteiger partial charge on any atom is 0.224 e. The molecule has 37 heavy (non-hydrogen) atoms. The summed E-state index contributed by atoms with van der Waals surface area (Å²) in [6.45, 7) is 3.46. The number of hydrogen-bond acceptors (Lipinski definition) is 6. The third-order valence-corrected chi connectivity index (χ3v) is 6.63. The van der Waals surface area contributed by atoms with Crippen LogP contribution in [0.15, 0.2) is 65.7 Å². The number of ether oxygens (including phenoxy) is 1. The Labute approximate surface area is 216 Å². The molecule has 2 aliphatic rings. The van der Waals surface area contributed by atoms with Gasteiger partial charge in [-0.05, 0) is 78.8 Å². The van der Waals surface area contributed by atoms with Crippen molar-refractivity contribution in [2.24, 2.45) is 10.9 Å². The molecule has 3 aromatic carbocycles. The number of nitrogens with zero attached hydrogens (tertiary/aromatic N) is 3. The normalized spacial score (nSPS) is 14.0. The fourth-order valence-electron chi connectivity index (χ4n) is 4.42. The molecule has 7 heteroatoms. The van der Waals surface area contributed by atoms with Crippen molar-refractivity contribution in [1.82, 2.24) is 9.97 Å². The van der Waals surface area contributed by atoms with Crippen LogP contribution in [0.4, 0.5) is 17.2 Å². The molecule has 4 aromatic rings. The van der Waals surface area contributed by atoms with Crippen LogP contribution in [0.5, 0.6) is 5.75 Å². The lowest BCUT2D eigenvalue weighted by Gasteiger charge is -2.14. The van der Waals surface area contributed by atoms with E-state index in [9.17, 15) is 4.79 Å². The summed E-state index contributed by atoms with van der Waals surface area (Å²) in [5.41, 5.74) is 5.65. The Balaban J connectivity index is 1.38. The lowest BCUT2D eigenvalue weighted by atomic mass is 10.1. The predicted octanol–water partition coefficient (Wildman–Crippen LogP) is 6.50. The third kappa shape index (κ3) is 5.31. The number of hydrogen-bond donors (Lipinski definition) is 2. The van der Waals surface area contributed by atoms with Crippen LogP contribution in [0.3, 0.4) is 0 Å². The van der Waals surface area contributed by atoms with Gasteiger partial charge in [-0.3, -0.25) is 9.79 Å². The number of aromatic nitrogens is 2. The van der Waals surface area contributed by atoms with Crippen LogP contribution in [0.2, 0.25) is 0 Å². The first kappa shape index (κ1) is 23.2. The van der Waals surface area contributed by atoms with Crippen LogP contribution in [0, 0.1) is 5.92 Å². The molecule has 0 atom stereocenters. The number of amides is 1. The number of anilines is 3. The Morgan fingerprint density at radius 2 is 1.95 bits per heavy atom. The molecule has 2 heterocycles. The van der Waals surface area contributed by atoms with Gasteiger partial charge in [0.05, 0.1) is 18.7 Å². The molecule has 0 radical (unpaired) electrons. The summed E-state index contributed by atoms with van der Waals surface area (Å²) in [6, 6.07) is 19.9. The molecule has 1 aromatic heterocycles. The van der Waals surface area contributed by atoms with Gasteiger partial charge in [0.1, 0.15) is 11.6 Å². The molecule has 0 unspecified atom stereocenters. The number of nitrogens with one attached hydrogen (secondary N) is 2. The van der Waals surface area contributed by atoms with E-state index in [4.69, 9.17) is 14.7 Å². The summed E-state index contributed by atoms with van der Waals surface area (Å²) in [5, 5.41) is 7.37. The second-order valence-electron chi connectivity index (χ2n) is 9.72. The number of fused-ring (bicyclic) bond motifs is 2. The zero-order valence-electron chi connectivity index (χ0n) is 20.8. The Hall–Kier alpha value is -4.26. The highest BCUT2D eigenvalue weighted by atomic mass is 16.5. The third-order valence-electron chi connectivity index (χ3n) is 6.63. The van der Waals surface area contributed by atoms with Gasteiger partial charge >= 0.3 is 0 Å². The lowest BCUT2D eigenvalue weighted by Crippen LogP contribution is -2.10. The van der Waals surface area contributed by atoms with Crippen molar-refractivity contribution < 1.29 is 9.53 Å². The van der Waals surface area contributed by atoms with Crippen molar-refractivity contribution in [3.63, 3.8) is 0 Å². The van der Waals surface area contributed by atoms with Crippen LogP contribution in [0.1, 0.15) is 43.7 Å². The first-order valence-electron chi connectivity index (χ1n) is 12.9. The van der Waals surface area contributed by atoms with Crippen LogP contribution >= 0.6 is 0 Å². The molecule has 1 amide bonds. The minimum absolute atomic E-state index is 0.000289. The first-order chi connectivity index (χ1) is 18.1. The van der Waals surface area contributed by atoms with Crippen molar-refractivity contribution in [2.75, 3.05) is 17.2 Å². The molecule has 1 aliphatic heterocycles. The average molecular weight is 492 g/mol. The van der Waals surface area contributed by atoms with Gasteiger partial charge < -0.3 is 15.4 Å². The zero-order valence-corrected chi connectivity index (χ0v) is 20.8. The standard InChI is InChI=1S/C30H29N5O2/c1-2-4-28(36)32-23-6-3-5-20(13-23)29-34-27-12-11-25(37-18-19-7-8-19)15-26(27)30(35-29)33-24-10-9-21-16-31-17-22(21)14-24/h3,5-6,9-15,17,19H,2,4,7-8,16,18H2,1H3,(H,32,36)(H,33,34,35). The monoisotopic (exact) mass is 491 g/mol. The summed E-state index contributed by atoms with van der Waals surface area (Å²) in [4.78, 5) is 26.3. The van der Waals surface area contributed by atoms with Crippen molar-refractivity contribution in [3.8, 4) is 17.1 Å². The lowest BCUT2D eigenvalue weighted by molar-refractivity contribution is -0.116. The predicted molar refractivity (Wildman–Crippen MR) is 148 cm³/mol. The molecule has 6 rings (SSSR count). The average Bonchev–Trinajstić information content (AvgIpc) is 3.62. The van der Waals surface area contributed by atoms with E-state index in [0.29, 0.717) is 24.0 Å². The molecule has 0 bridgehead atoms. The van der Waals surface area contributed by atoms with Gasteiger partial charge in [0.15, 0.2) is 5.82 Å². The summed E-state index contributed by atoms with van der Waals surface area (Å²) in [5.74, 6) is 2.77. The maximum atomic E-state index is 12.1. The van der Waals surface area contributed by atoms with Crippen molar-refractivity contribution in [1.29, 1.82) is 0 Å². The Morgan fingerprint density at radius 1 is 1.03 bits per heavy atom. The highest BCUT2D eigenvalue weighted by molar-refractivity contribution is 5.95. The van der Waals surface area contributed by atoms with Crippen LogP contribution < -0.4 is 15.4 Å². The topological polar surface area (TPSA) is 88.5 Å². The number of carbonyl (C=O) groups is 1. The smallest absolute Gasteiger partial charge is 0.224 e. The summed E-state index contributed by atoms with van der Waals surface area (Å²) in [6.07, 6.45) is 5.68. The molecule has 7 nitrogen and oxygen atoms in total. The summed E-state index contributed by atoms with van der Waals surface area (Å²) >= 11 is 0. The molecular formula is C30H29N5O2. The van der Waals surface area contributed by atoms with Gasteiger partial charge in [0.2, 0.25) is 5.91 Å². The van der Waals surface area contributed by atoms with Gasteiger partial charge in [-0.15, -0.1) is 0 Å². The highest BCUT2D eigenvalue weighted by Crippen LogP contribution is 2.33. The van der Waals surface area contributed by atoms with Crippen molar-refractivity contribution in [3.05, 3.63) is 71.8 Å². The number of carbonyl (C=O) groups excluding carboxylic acids is 1. The van der Waals surface area contributed by atoms with Gasteiger partial charge in [-0.25, -0.2) is 9.97 Å². The minimum Gasteiger partial charge on any atom is -0.493 e. The van der Waals surface area contributed by atoms with E-state index in [0.717, 1.165) is 58.7 Å². The maximum absolute atomic E-state index is 12.1. The van der Waals surface area contributed by atoms with Crippen molar-refractivity contribution >= 4 is 40.2 Å². The van der Waals surface area contributed by atoms with Crippen LogP contribution in [-0.4, -0.2) is 28.7 Å². The molecule has 1 aliphatic carbocycles. The van der Waals surface area contributed by atoms with Gasteiger partial charge in [0, 0.05) is 35.0 Å². The highest BCUT2D eigenvalue weighted by Gasteiger charge is 2.22. The fourth-order valence-corrected chi connectivity index (χ4v) is 4.42. The van der Waals surface area contributed by atoms with E-state index in [-0.39, 0.29) is 5.91 Å². The van der Waals surface area contributed by atoms with Gasteiger partial charge in [-0.1, -0.05) is 25.1 Å². The largest absolute Gasteiger partial charge is 0.493 e. The second-order valence-corrected chi connectivity index (χ2v) is 9.72. The minimum atomic E-state index is 0.000289. The van der Waals surface area contributed by atoms with E-state index < -0.39 is 0 Å². The molecular weight excluding hydrogens is 462 g/mol. The molecule has 0 spiro atoms. The van der Waals surface area contributed by atoms with Crippen molar-refractivity contribution in [2.45, 2.75) is 39.2 Å². The van der Waals surface area contributed by atoms with E-state index in [1.807, 2.05) is 55.6 Å². The second kappa shape index (κ2) is 10.0. The number of rotatable bonds is 9. The Morgan fingerprint density at radius 3 is 2.81 bits per heavy atom. The summed E-state index contributed by atoms with van der Waals surface area (Å²) in [7, 11) is 0. The van der Waals surface area contributed by atoms with E-state index in [1.165, 1.54) is 18.4 Å². The zero-order chi connectivity index (χ0) is 25.2. The van der Waals surface area contributed by atoms with Crippen LogP contribution in [0.25, 0.3) is 22.3 Å². The molecule has 0 saturated heterocycles.